The number of nitrogens with two attached hydrogens (primary N) is 1. The SMILES string of the molecule is CCN1CCCC(c2ccc(-c3cnc(N)c(-c4ccc5c(c4)CCNC5=O)c3)cc2)C1. The lowest BCUT2D eigenvalue weighted by atomic mass is 9.89. The number of fused-ring (bicyclic) bond motifs is 1. The molecule has 0 saturated carbocycles. The maximum atomic E-state index is 12.1. The predicted octanol–water partition coefficient (Wildman–Crippen LogP) is 4.48. The van der Waals surface area contributed by atoms with Gasteiger partial charge in [0.25, 0.3) is 5.91 Å². The molecule has 5 rings (SSSR count). The summed E-state index contributed by atoms with van der Waals surface area (Å²) in [5, 5.41) is 2.89. The molecule has 5 heteroatoms. The van der Waals surface area contributed by atoms with Gasteiger partial charge in [0.05, 0.1) is 0 Å². The van der Waals surface area contributed by atoms with Crippen molar-refractivity contribution in [1.82, 2.24) is 15.2 Å². The molecule has 2 aliphatic heterocycles. The molecule has 2 aliphatic rings. The third-order valence-corrected chi connectivity index (χ3v) is 6.93. The van der Waals surface area contributed by atoms with Crippen molar-refractivity contribution in [1.29, 1.82) is 0 Å². The van der Waals surface area contributed by atoms with E-state index in [1.54, 1.807) is 0 Å². The summed E-state index contributed by atoms with van der Waals surface area (Å²) in [4.78, 5) is 19.1. The summed E-state index contributed by atoms with van der Waals surface area (Å²) in [6.07, 6.45) is 5.22. The molecule has 1 saturated heterocycles. The molecule has 1 atom stereocenters. The van der Waals surface area contributed by atoms with Crippen LogP contribution in [0.5, 0.6) is 0 Å². The first-order valence-electron chi connectivity index (χ1n) is 11.6. The van der Waals surface area contributed by atoms with Gasteiger partial charge in [0.2, 0.25) is 0 Å². The first-order chi connectivity index (χ1) is 15.6. The van der Waals surface area contributed by atoms with E-state index < -0.39 is 0 Å². The molecular formula is C27H30N4O. The Labute approximate surface area is 189 Å². The fourth-order valence-corrected chi connectivity index (χ4v) is 5.02. The molecule has 1 fully saturated rings. The quantitative estimate of drug-likeness (QED) is 0.645. The monoisotopic (exact) mass is 426 g/mol. The fourth-order valence-electron chi connectivity index (χ4n) is 5.02. The number of hydrogen-bond donors (Lipinski definition) is 2. The average molecular weight is 427 g/mol. The maximum absolute atomic E-state index is 12.1. The number of likely N-dealkylation sites (N-methyl/N-ethyl adjacent to an activating group) is 1. The highest BCUT2D eigenvalue weighted by Gasteiger charge is 2.21. The van der Waals surface area contributed by atoms with Crippen LogP contribution >= 0.6 is 0 Å². The molecule has 1 amide bonds. The van der Waals surface area contributed by atoms with Gasteiger partial charge in [-0.1, -0.05) is 43.3 Å². The van der Waals surface area contributed by atoms with Crippen LogP contribution in [0.15, 0.2) is 54.7 Å². The van der Waals surface area contributed by atoms with E-state index in [0.29, 0.717) is 18.3 Å². The summed E-state index contributed by atoms with van der Waals surface area (Å²) >= 11 is 0. The Morgan fingerprint density at radius 1 is 1.06 bits per heavy atom. The molecule has 0 bridgehead atoms. The highest BCUT2D eigenvalue weighted by atomic mass is 16.1. The number of anilines is 1. The number of hydrogen-bond acceptors (Lipinski definition) is 4. The Balaban J connectivity index is 1.42. The van der Waals surface area contributed by atoms with E-state index in [4.69, 9.17) is 5.73 Å². The maximum Gasteiger partial charge on any atom is 0.251 e. The van der Waals surface area contributed by atoms with Crippen LogP contribution < -0.4 is 11.1 Å². The third-order valence-electron chi connectivity index (χ3n) is 6.93. The van der Waals surface area contributed by atoms with E-state index >= 15 is 0 Å². The molecule has 0 spiro atoms. The molecule has 0 aliphatic carbocycles. The van der Waals surface area contributed by atoms with Crippen LogP contribution in [0, 0.1) is 0 Å². The lowest BCUT2D eigenvalue weighted by Gasteiger charge is -2.32. The number of nitrogens with zero attached hydrogens (tertiary/aromatic N) is 2. The summed E-state index contributed by atoms with van der Waals surface area (Å²) in [5.41, 5.74) is 13.6. The number of amides is 1. The Morgan fingerprint density at radius 3 is 2.69 bits per heavy atom. The van der Waals surface area contributed by atoms with Gasteiger partial charge < -0.3 is 16.0 Å². The smallest absolute Gasteiger partial charge is 0.251 e. The molecule has 1 unspecified atom stereocenters. The lowest BCUT2D eigenvalue weighted by molar-refractivity contribution is 0.0946. The number of carbonyl (C=O) groups is 1. The highest BCUT2D eigenvalue weighted by molar-refractivity contribution is 5.97. The van der Waals surface area contributed by atoms with Gasteiger partial charge in [-0.2, -0.15) is 0 Å². The number of pyridine rings is 1. The molecule has 1 aromatic heterocycles. The first kappa shape index (κ1) is 20.7. The minimum atomic E-state index is -0.00207. The van der Waals surface area contributed by atoms with Gasteiger partial charge in [-0.3, -0.25) is 4.79 Å². The van der Waals surface area contributed by atoms with Crippen molar-refractivity contribution in [3.8, 4) is 22.3 Å². The van der Waals surface area contributed by atoms with Gasteiger partial charge in [-0.05, 0) is 72.7 Å². The average Bonchev–Trinajstić information content (AvgIpc) is 2.84. The summed E-state index contributed by atoms with van der Waals surface area (Å²) in [6, 6.07) is 17.0. The second kappa shape index (κ2) is 8.75. The molecule has 3 N–H and O–H groups in total. The Hall–Kier alpha value is -3.18. The number of benzene rings is 2. The van der Waals surface area contributed by atoms with Gasteiger partial charge in [-0.25, -0.2) is 4.98 Å². The van der Waals surface area contributed by atoms with E-state index in [2.05, 4.69) is 58.5 Å². The topological polar surface area (TPSA) is 71.2 Å². The number of piperidine rings is 1. The Morgan fingerprint density at radius 2 is 1.88 bits per heavy atom. The highest BCUT2D eigenvalue weighted by Crippen LogP contribution is 2.33. The number of likely N-dealkylation sites (tertiary alicyclic amines) is 1. The van der Waals surface area contributed by atoms with E-state index in [1.165, 1.54) is 24.9 Å². The largest absolute Gasteiger partial charge is 0.383 e. The molecule has 0 radical (unpaired) electrons. The van der Waals surface area contributed by atoms with Crippen molar-refractivity contribution in [2.75, 3.05) is 31.9 Å². The molecular weight excluding hydrogens is 396 g/mol. The van der Waals surface area contributed by atoms with Crippen molar-refractivity contribution >= 4 is 11.7 Å². The zero-order valence-corrected chi connectivity index (χ0v) is 18.6. The van der Waals surface area contributed by atoms with Crippen LogP contribution in [0.3, 0.4) is 0 Å². The minimum Gasteiger partial charge on any atom is -0.383 e. The van der Waals surface area contributed by atoms with Crippen molar-refractivity contribution in [2.24, 2.45) is 0 Å². The van der Waals surface area contributed by atoms with E-state index in [-0.39, 0.29) is 5.91 Å². The number of aromatic nitrogens is 1. The number of nitrogen functional groups attached to an aromatic ring is 1. The number of nitrogens with one attached hydrogen (secondary N) is 1. The standard InChI is InChI=1S/C27H30N4O/c1-2-31-13-3-4-22(17-31)18-5-7-19(8-6-18)23-15-25(26(28)30-16-23)20-9-10-24-21(14-20)11-12-29-27(24)32/h5-10,14-16,22H,2-4,11-13,17H2,1H3,(H2,28,30)(H,29,32). The molecule has 3 aromatic rings. The zero-order chi connectivity index (χ0) is 22.1. The van der Waals surface area contributed by atoms with Gasteiger partial charge in [0, 0.05) is 36.0 Å². The first-order valence-corrected chi connectivity index (χ1v) is 11.6. The summed E-state index contributed by atoms with van der Waals surface area (Å²) in [5.74, 6) is 1.12. The van der Waals surface area contributed by atoms with Crippen molar-refractivity contribution in [3.05, 3.63) is 71.4 Å². The van der Waals surface area contributed by atoms with Crippen LogP contribution in [-0.2, 0) is 6.42 Å². The van der Waals surface area contributed by atoms with Gasteiger partial charge in [-0.15, -0.1) is 0 Å². The molecule has 3 heterocycles. The van der Waals surface area contributed by atoms with Gasteiger partial charge >= 0.3 is 0 Å². The Kier molecular flexibility index (Phi) is 5.66. The van der Waals surface area contributed by atoms with Crippen LogP contribution in [0.1, 0.15) is 47.2 Å². The zero-order valence-electron chi connectivity index (χ0n) is 18.6. The third kappa shape index (κ3) is 4.00. The van der Waals surface area contributed by atoms with E-state index in [9.17, 15) is 4.79 Å². The summed E-state index contributed by atoms with van der Waals surface area (Å²) in [7, 11) is 0. The minimum absolute atomic E-state index is 0.00207. The molecule has 2 aromatic carbocycles. The summed E-state index contributed by atoms with van der Waals surface area (Å²) in [6.45, 7) is 6.42. The van der Waals surface area contributed by atoms with E-state index in [1.807, 2.05) is 18.3 Å². The van der Waals surface area contributed by atoms with Crippen molar-refractivity contribution < 1.29 is 4.79 Å². The summed E-state index contributed by atoms with van der Waals surface area (Å²) < 4.78 is 0. The molecule has 164 valence electrons. The van der Waals surface area contributed by atoms with Crippen LogP contribution in [0.4, 0.5) is 5.82 Å². The van der Waals surface area contributed by atoms with Crippen LogP contribution in [-0.4, -0.2) is 42.0 Å². The number of carbonyl (C=O) groups excluding carboxylic acids is 1. The normalized spacial score (nSPS) is 18.8. The second-order valence-corrected chi connectivity index (χ2v) is 8.89. The lowest BCUT2D eigenvalue weighted by Crippen LogP contribution is -2.34. The van der Waals surface area contributed by atoms with Gasteiger partial charge in [0.1, 0.15) is 5.82 Å². The molecule has 32 heavy (non-hydrogen) atoms. The number of rotatable bonds is 4. The fraction of sp³-hybridized carbons (Fsp3) is 0.333. The van der Waals surface area contributed by atoms with Gasteiger partial charge in [0.15, 0.2) is 0 Å². The van der Waals surface area contributed by atoms with Crippen LogP contribution in [0.25, 0.3) is 22.3 Å². The van der Waals surface area contributed by atoms with Crippen molar-refractivity contribution in [3.63, 3.8) is 0 Å². The van der Waals surface area contributed by atoms with Crippen molar-refractivity contribution in [2.45, 2.75) is 32.1 Å². The van der Waals surface area contributed by atoms with Crippen LogP contribution in [0.2, 0.25) is 0 Å². The van der Waals surface area contributed by atoms with E-state index in [0.717, 1.165) is 52.9 Å². The predicted molar refractivity (Wildman–Crippen MR) is 130 cm³/mol. The Bertz CT molecular complexity index is 1140. The molecule has 5 nitrogen and oxygen atoms in total. The second-order valence-electron chi connectivity index (χ2n) is 8.89.